The molecule has 0 aromatic heterocycles. The maximum absolute atomic E-state index is 9.50. The van der Waals surface area contributed by atoms with Crippen LogP contribution in [0.3, 0.4) is 0 Å². The molecule has 0 amide bonds. The van der Waals surface area contributed by atoms with Crippen LogP contribution in [0.2, 0.25) is 0 Å². The van der Waals surface area contributed by atoms with Gasteiger partial charge in [-0.2, -0.15) is 0 Å². The molecule has 1 unspecified atom stereocenters. The molecule has 0 spiro atoms. The highest BCUT2D eigenvalue weighted by molar-refractivity contribution is 5.41. The van der Waals surface area contributed by atoms with E-state index in [4.69, 9.17) is 10.5 Å². The van der Waals surface area contributed by atoms with E-state index in [1.165, 1.54) is 0 Å². The molecule has 0 aliphatic rings. The van der Waals surface area contributed by atoms with Gasteiger partial charge in [0.1, 0.15) is 18.1 Å². The van der Waals surface area contributed by atoms with E-state index < -0.39 is 0 Å². The van der Waals surface area contributed by atoms with E-state index >= 15 is 0 Å². The number of aryl methyl sites for hydroxylation is 1. The minimum atomic E-state index is 0.148. The number of hydrogen-bond acceptors (Lipinski definition) is 3. The Morgan fingerprint density at radius 2 is 1.95 bits per heavy atom. The number of hydrogen-bond donors (Lipinski definition) is 2. The van der Waals surface area contributed by atoms with Crippen LogP contribution >= 0.6 is 0 Å². The van der Waals surface area contributed by atoms with Crippen molar-refractivity contribution in [2.24, 2.45) is 5.73 Å². The molecule has 21 heavy (non-hydrogen) atoms. The number of para-hydroxylation sites is 1. The van der Waals surface area contributed by atoms with Crippen molar-refractivity contribution in [3.63, 3.8) is 0 Å². The summed E-state index contributed by atoms with van der Waals surface area (Å²) in [6.07, 6.45) is 1.76. The van der Waals surface area contributed by atoms with Gasteiger partial charge in [0.25, 0.3) is 0 Å². The normalized spacial score (nSPS) is 12.1. The molecular formula is C18H23NO2. The van der Waals surface area contributed by atoms with Gasteiger partial charge in [0.2, 0.25) is 0 Å². The Balaban J connectivity index is 2.15. The molecule has 0 aliphatic heterocycles. The summed E-state index contributed by atoms with van der Waals surface area (Å²) in [5.41, 5.74) is 9.26. The molecule has 112 valence electrons. The van der Waals surface area contributed by atoms with Crippen LogP contribution in [0, 0.1) is 6.92 Å². The second kappa shape index (κ2) is 7.14. The molecule has 0 saturated heterocycles. The zero-order valence-corrected chi connectivity index (χ0v) is 12.7. The lowest BCUT2D eigenvalue weighted by Crippen LogP contribution is -2.21. The summed E-state index contributed by atoms with van der Waals surface area (Å²) >= 11 is 0. The Labute approximate surface area is 126 Å². The topological polar surface area (TPSA) is 55.5 Å². The Kier molecular flexibility index (Phi) is 5.23. The third-order valence-corrected chi connectivity index (χ3v) is 3.59. The van der Waals surface area contributed by atoms with E-state index in [1.807, 2.05) is 31.2 Å². The third kappa shape index (κ3) is 4.23. The largest absolute Gasteiger partial charge is 0.508 e. The van der Waals surface area contributed by atoms with Crippen LogP contribution in [0.4, 0.5) is 0 Å². The second-order valence-electron chi connectivity index (χ2n) is 5.39. The molecule has 3 N–H and O–H groups in total. The minimum absolute atomic E-state index is 0.148. The van der Waals surface area contributed by atoms with E-state index in [1.54, 1.807) is 12.1 Å². The number of benzene rings is 2. The molecule has 2 aromatic carbocycles. The van der Waals surface area contributed by atoms with Gasteiger partial charge in [0.15, 0.2) is 0 Å². The average molecular weight is 285 g/mol. The lowest BCUT2D eigenvalue weighted by molar-refractivity contribution is 0.299. The van der Waals surface area contributed by atoms with Gasteiger partial charge in [-0.3, -0.25) is 0 Å². The molecule has 2 aromatic rings. The summed E-state index contributed by atoms with van der Waals surface area (Å²) in [4.78, 5) is 0. The number of aromatic hydroxyl groups is 1. The summed E-state index contributed by atoms with van der Waals surface area (Å²) in [7, 11) is 0. The van der Waals surface area contributed by atoms with Crippen LogP contribution in [0.5, 0.6) is 11.5 Å². The molecular weight excluding hydrogens is 262 g/mol. The lowest BCUT2D eigenvalue weighted by atomic mass is 10.0. The van der Waals surface area contributed by atoms with Crippen molar-refractivity contribution in [2.45, 2.75) is 39.3 Å². The number of phenols is 1. The first-order valence-electron chi connectivity index (χ1n) is 7.35. The molecule has 0 bridgehead atoms. The summed E-state index contributed by atoms with van der Waals surface area (Å²) in [6, 6.07) is 13.4. The molecule has 0 radical (unpaired) electrons. The van der Waals surface area contributed by atoms with Gasteiger partial charge >= 0.3 is 0 Å². The molecule has 3 heteroatoms. The van der Waals surface area contributed by atoms with E-state index in [2.05, 4.69) is 13.0 Å². The van der Waals surface area contributed by atoms with E-state index in [9.17, 15) is 5.11 Å². The Morgan fingerprint density at radius 3 is 2.67 bits per heavy atom. The van der Waals surface area contributed by atoms with Gasteiger partial charge in [-0.15, -0.1) is 0 Å². The first kappa shape index (κ1) is 15.4. The second-order valence-corrected chi connectivity index (χ2v) is 5.39. The minimum Gasteiger partial charge on any atom is -0.508 e. The van der Waals surface area contributed by atoms with Gasteiger partial charge in [-0.25, -0.2) is 0 Å². The molecule has 1 atom stereocenters. The quantitative estimate of drug-likeness (QED) is 0.853. The number of ether oxygens (including phenoxy) is 1. The van der Waals surface area contributed by atoms with Crippen LogP contribution in [-0.4, -0.2) is 11.1 Å². The smallest absolute Gasteiger partial charge is 0.125 e. The van der Waals surface area contributed by atoms with Crippen molar-refractivity contribution in [1.29, 1.82) is 0 Å². The van der Waals surface area contributed by atoms with Gasteiger partial charge in [-0.1, -0.05) is 37.3 Å². The fourth-order valence-corrected chi connectivity index (χ4v) is 2.31. The average Bonchev–Trinajstić information content (AvgIpc) is 2.46. The monoisotopic (exact) mass is 285 g/mol. The SMILES string of the molecule is CCC(N)Cc1cccc(C)c1OCc1cccc(O)c1. The Hall–Kier alpha value is -2.00. The zero-order chi connectivity index (χ0) is 15.2. The first-order chi connectivity index (χ1) is 10.1. The standard InChI is InChI=1S/C18H23NO2/c1-3-16(19)11-15-8-4-6-13(2)18(15)21-12-14-7-5-9-17(20)10-14/h4-10,16,20H,3,11-12,19H2,1-2H3. The zero-order valence-electron chi connectivity index (χ0n) is 12.7. The Morgan fingerprint density at radius 1 is 1.19 bits per heavy atom. The van der Waals surface area contributed by atoms with Crippen molar-refractivity contribution in [3.8, 4) is 11.5 Å². The highest BCUT2D eigenvalue weighted by atomic mass is 16.5. The van der Waals surface area contributed by atoms with Crippen LogP contribution in [0.25, 0.3) is 0 Å². The number of rotatable bonds is 6. The molecule has 0 heterocycles. The molecule has 0 saturated carbocycles. The van der Waals surface area contributed by atoms with Gasteiger partial charge in [0, 0.05) is 6.04 Å². The van der Waals surface area contributed by atoms with E-state index in [-0.39, 0.29) is 11.8 Å². The Bertz CT molecular complexity index is 596. The fraction of sp³-hybridized carbons (Fsp3) is 0.333. The van der Waals surface area contributed by atoms with Crippen molar-refractivity contribution in [2.75, 3.05) is 0 Å². The molecule has 0 fully saturated rings. The fourth-order valence-electron chi connectivity index (χ4n) is 2.31. The third-order valence-electron chi connectivity index (χ3n) is 3.59. The molecule has 3 nitrogen and oxygen atoms in total. The first-order valence-corrected chi connectivity index (χ1v) is 7.35. The number of nitrogens with two attached hydrogens (primary N) is 1. The van der Waals surface area contributed by atoms with Crippen molar-refractivity contribution >= 4 is 0 Å². The van der Waals surface area contributed by atoms with Crippen LogP contribution in [-0.2, 0) is 13.0 Å². The summed E-state index contributed by atoms with van der Waals surface area (Å²) in [5, 5.41) is 9.50. The number of phenolic OH excluding ortho intramolecular Hbond substituents is 1. The molecule has 0 aliphatic carbocycles. The summed E-state index contributed by atoms with van der Waals surface area (Å²) in [6.45, 7) is 4.57. The molecule has 2 rings (SSSR count). The van der Waals surface area contributed by atoms with E-state index in [0.29, 0.717) is 6.61 Å². The predicted octanol–water partition coefficient (Wildman–Crippen LogP) is 3.56. The highest BCUT2D eigenvalue weighted by Crippen LogP contribution is 2.26. The lowest BCUT2D eigenvalue weighted by Gasteiger charge is -2.16. The maximum Gasteiger partial charge on any atom is 0.125 e. The van der Waals surface area contributed by atoms with E-state index in [0.717, 1.165) is 35.3 Å². The highest BCUT2D eigenvalue weighted by Gasteiger charge is 2.10. The van der Waals surface area contributed by atoms with Gasteiger partial charge in [0.05, 0.1) is 0 Å². The van der Waals surface area contributed by atoms with Gasteiger partial charge in [-0.05, 0) is 48.6 Å². The van der Waals surface area contributed by atoms with Crippen LogP contribution < -0.4 is 10.5 Å². The van der Waals surface area contributed by atoms with Gasteiger partial charge < -0.3 is 15.6 Å². The van der Waals surface area contributed by atoms with Crippen molar-refractivity contribution in [1.82, 2.24) is 0 Å². The van der Waals surface area contributed by atoms with Crippen LogP contribution in [0.1, 0.15) is 30.0 Å². The summed E-state index contributed by atoms with van der Waals surface area (Å²) in [5.74, 6) is 1.17. The predicted molar refractivity (Wildman–Crippen MR) is 85.6 cm³/mol. The van der Waals surface area contributed by atoms with Crippen molar-refractivity contribution < 1.29 is 9.84 Å². The summed E-state index contributed by atoms with van der Waals surface area (Å²) < 4.78 is 5.99. The maximum atomic E-state index is 9.50. The van der Waals surface area contributed by atoms with Crippen LogP contribution in [0.15, 0.2) is 42.5 Å². The van der Waals surface area contributed by atoms with Crippen molar-refractivity contribution in [3.05, 3.63) is 59.2 Å².